The van der Waals surface area contributed by atoms with Gasteiger partial charge in [0.1, 0.15) is 11.8 Å². The molecule has 0 unspecified atom stereocenters. The molecule has 3 rings (SSSR count). The number of likely N-dealkylation sites (tertiary alicyclic amines) is 1. The zero-order valence-corrected chi connectivity index (χ0v) is 16.1. The van der Waals surface area contributed by atoms with E-state index in [1.54, 1.807) is 12.0 Å². The third-order valence-corrected chi connectivity index (χ3v) is 5.12. The van der Waals surface area contributed by atoms with Crippen LogP contribution in [0.5, 0.6) is 5.75 Å². The summed E-state index contributed by atoms with van der Waals surface area (Å²) >= 11 is 0. The number of ether oxygens (including phenoxy) is 1. The maximum atomic E-state index is 12.5. The standard InChI is InChI=1S/C20H26N4O4/c1-13(26)22-18(12-25)20(27)24-8-6-14(7-9-24)19-17(11-21-23-19)15-4-3-5-16(10-15)28-2/h3-5,10-11,14,18,25H,6-9,12H2,1-2H3,(H,21,23)(H,22,26)/t18-/m0/s1. The molecule has 0 bridgehead atoms. The van der Waals surface area contributed by atoms with Crippen molar-refractivity contribution >= 4 is 11.8 Å². The highest BCUT2D eigenvalue weighted by Gasteiger charge is 2.30. The van der Waals surface area contributed by atoms with E-state index in [2.05, 4.69) is 15.5 Å². The average molecular weight is 386 g/mol. The number of aliphatic hydroxyl groups is 1. The fraction of sp³-hybridized carbons (Fsp3) is 0.450. The summed E-state index contributed by atoms with van der Waals surface area (Å²) in [6, 6.07) is 6.97. The molecule has 8 heteroatoms. The lowest BCUT2D eigenvalue weighted by atomic mass is 9.89. The highest BCUT2D eigenvalue weighted by Crippen LogP contribution is 2.35. The lowest BCUT2D eigenvalue weighted by Crippen LogP contribution is -2.51. The molecule has 2 aromatic rings. The number of amides is 2. The van der Waals surface area contributed by atoms with Gasteiger partial charge < -0.3 is 20.1 Å². The number of nitrogens with zero attached hydrogens (tertiary/aromatic N) is 2. The molecule has 2 heterocycles. The molecule has 1 fully saturated rings. The Morgan fingerprint density at radius 3 is 2.79 bits per heavy atom. The van der Waals surface area contributed by atoms with Crippen LogP contribution in [-0.2, 0) is 9.59 Å². The van der Waals surface area contributed by atoms with E-state index >= 15 is 0 Å². The summed E-state index contributed by atoms with van der Waals surface area (Å²) in [5.41, 5.74) is 3.13. The van der Waals surface area contributed by atoms with Gasteiger partial charge in [-0.25, -0.2) is 0 Å². The number of aromatic nitrogens is 2. The van der Waals surface area contributed by atoms with Crippen molar-refractivity contribution in [3.8, 4) is 16.9 Å². The van der Waals surface area contributed by atoms with Gasteiger partial charge in [0, 0.05) is 37.2 Å². The maximum Gasteiger partial charge on any atom is 0.247 e. The van der Waals surface area contributed by atoms with Crippen molar-refractivity contribution in [2.24, 2.45) is 0 Å². The number of benzene rings is 1. The van der Waals surface area contributed by atoms with Crippen molar-refractivity contribution in [1.29, 1.82) is 0 Å². The Labute approximate surface area is 163 Å². The Hall–Kier alpha value is -2.87. The van der Waals surface area contributed by atoms with E-state index in [1.165, 1.54) is 6.92 Å². The quantitative estimate of drug-likeness (QED) is 0.693. The molecule has 1 aliphatic rings. The minimum Gasteiger partial charge on any atom is -0.497 e. The van der Waals surface area contributed by atoms with Crippen LogP contribution in [0.2, 0.25) is 0 Å². The number of piperidine rings is 1. The van der Waals surface area contributed by atoms with Crippen molar-refractivity contribution < 1.29 is 19.4 Å². The average Bonchev–Trinajstić information content (AvgIpc) is 3.21. The van der Waals surface area contributed by atoms with Gasteiger partial charge in [-0.05, 0) is 30.5 Å². The van der Waals surface area contributed by atoms with Gasteiger partial charge in [0.2, 0.25) is 11.8 Å². The van der Waals surface area contributed by atoms with E-state index in [0.717, 1.165) is 35.4 Å². The Morgan fingerprint density at radius 1 is 1.39 bits per heavy atom. The van der Waals surface area contributed by atoms with Gasteiger partial charge in [0.05, 0.1) is 19.9 Å². The summed E-state index contributed by atoms with van der Waals surface area (Å²) in [6.45, 7) is 2.06. The molecule has 1 aromatic heterocycles. The van der Waals surface area contributed by atoms with E-state index in [1.807, 2.05) is 30.5 Å². The van der Waals surface area contributed by atoms with Crippen LogP contribution in [0.1, 0.15) is 31.4 Å². The van der Waals surface area contributed by atoms with Crippen LogP contribution in [0.15, 0.2) is 30.5 Å². The summed E-state index contributed by atoms with van der Waals surface area (Å²) < 4.78 is 5.31. The van der Waals surface area contributed by atoms with Crippen molar-refractivity contribution in [1.82, 2.24) is 20.4 Å². The number of hydrogen-bond donors (Lipinski definition) is 3. The predicted octanol–water partition coefficient (Wildman–Crippen LogP) is 1.29. The van der Waals surface area contributed by atoms with E-state index in [9.17, 15) is 14.7 Å². The van der Waals surface area contributed by atoms with Gasteiger partial charge >= 0.3 is 0 Å². The van der Waals surface area contributed by atoms with Crippen LogP contribution in [-0.4, -0.2) is 64.9 Å². The van der Waals surface area contributed by atoms with Crippen LogP contribution in [0.25, 0.3) is 11.1 Å². The zero-order chi connectivity index (χ0) is 20.1. The van der Waals surface area contributed by atoms with Crippen molar-refractivity contribution in [2.75, 3.05) is 26.8 Å². The molecule has 0 radical (unpaired) electrons. The molecule has 8 nitrogen and oxygen atoms in total. The minimum atomic E-state index is -0.881. The number of carbonyl (C=O) groups excluding carboxylic acids is 2. The molecule has 3 N–H and O–H groups in total. The summed E-state index contributed by atoms with van der Waals surface area (Å²) in [7, 11) is 1.64. The van der Waals surface area contributed by atoms with Gasteiger partial charge in [0.15, 0.2) is 0 Å². The lowest BCUT2D eigenvalue weighted by Gasteiger charge is -2.34. The zero-order valence-electron chi connectivity index (χ0n) is 16.1. The molecule has 2 amide bonds. The highest BCUT2D eigenvalue weighted by molar-refractivity contribution is 5.87. The summed E-state index contributed by atoms with van der Waals surface area (Å²) in [5, 5.41) is 19.3. The SMILES string of the molecule is COc1cccc(-c2cn[nH]c2C2CCN(C(=O)[C@H](CO)NC(C)=O)CC2)c1. The molecule has 28 heavy (non-hydrogen) atoms. The first kappa shape index (κ1) is 19.9. The molecule has 0 saturated carbocycles. The Balaban J connectivity index is 1.68. The summed E-state index contributed by atoms with van der Waals surface area (Å²) in [4.78, 5) is 25.5. The highest BCUT2D eigenvalue weighted by atomic mass is 16.5. The van der Waals surface area contributed by atoms with Crippen molar-refractivity contribution in [3.05, 3.63) is 36.2 Å². The van der Waals surface area contributed by atoms with Gasteiger partial charge in [-0.2, -0.15) is 5.10 Å². The number of aliphatic hydroxyl groups excluding tert-OH is 1. The smallest absolute Gasteiger partial charge is 0.247 e. The second-order valence-corrected chi connectivity index (χ2v) is 6.96. The first-order valence-corrected chi connectivity index (χ1v) is 9.38. The number of carbonyl (C=O) groups is 2. The third-order valence-electron chi connectivity index (χ3n) is 5.12. The Kier molecular flexibility index (Phi) is 6.30. The van der Waals surface area contributed by atoms with Gasteiger partial charge in [-0.3, -0.25) is 14.7 Å². The first-order valence-electron chi connectivity index (χ1n) is 9.38. The molecule has 0 aliphatic carbocycles. The minimum absolute atomic E-state index is 0.242. The van der Waals surface area contributed by atoms with Crippen molar-refractivity contribution in [2.45, 2.75) is 31.7 Å². The number of aromatic amines is 1. The molecule has 150 valence electrons. The molecule has 1 aromatic carbocycles. The van der Waals surface area contributed by atoms with Gasteiger partial charge in [0.25, 0.3) is 0 Å². The second kappa shape index (κ2) is 8.88. The van der Waals surface area contributed by atoms with E-state index in [4.69, 9.17) is 4.74 Å². The molecule has 1 saturated heterocycles. The fourth-order valence-electron chi connectivity index (χ4n) is 3.67. The Bertz CT molecular complexity index is 827. The molecular formula is C20H26N4O4. The molecule has 1 atom stereocenters. The topological polar surface area (TPSA) is 108 Å². The van der Waals surface area contributed by atoms with Crippen molar-refractivity contribution in [3.63, 3.8) is 0 Å². The first-order chi connectivity index (χ1) is 13.5. The number of nitrogens with one attached hydrogen (secondary N) is 2. The van der Waals surface area contributed by atoms with Crippen LogP contribution in [0.3, 0.4) is 0 Å². The van der Waals surface area contributed by atoms with Gasteiger partial charge in [-0.1, -0.05) is 12.1 Å². The van der Waals surface area contributed by atoms with Crippen LogP contribution in [0, 0.1) is 0 Å². The van der Waals surface area contributed by atoms with E-state index in [-0.39, 0.29) is 17.7 Å². The monoisotopic (exact) mass is 386 g/mol. The van der Waals surface area contributed by atoms with E-state index in [0.29, 0.717) is 13.1 Å². The van der Waals surface area contributed by atoms with Crippen LogP contribution < -0.4 is 10.1 Å². The number of hydrogen-bond acceptors (Lipinski definition) is 5. The summed E-state index contributed by atoms with van der Waals surface area (Å²) in [6.07, 6.45) is 3.38. The fourth-order valence-corrected chi connectivity index (χ4v) is 3.67. The molecule has 0 spiro atoms. The molecular weight excluding hydrogens is 360 g/mol. The number of H-pyrrole nitrogens is 1. The predicted molar refractivity (Wildman–Crippen MR) is 104 cm³/mol. The number of methoxy groups -OCH3 is 1. The Morgan fingerprint density at radius 2 is 2.14 bits per heavy atom. The third kappa shape index (κ3) is 4.33. The largest absolute Gasteiger partial charge is 0.497 e. The van der Waals surface area contributed by atoms with Crippen LogP contribution >= 0.6 is 0 Å². The lowest BCUT2D eigenvalue weighted by molar-refractivity contribution is -0.138. The molecule has 1 aliphatic heterocycles. The maximum absolute atomic E-state index is 12.5. The number of rotatable bonds is 6. The second-order valence-electron chi connectivity index (χ2n) is 6.96. The summed E-state index contributed by atoms with van der Waals surface area (Å²) in [5.74, 6) is 0.468. The normalized spacial score (nSPS) is 15.9. The van der Waals surface area contributed by atoms with Gasteiger partial charge in [-0.15, -0.1) is 0 Å². The van der Waals surface area contributed by atoms with Crippen LogP contribution in [0.4, 0.5) is 0 Å². The van der Waals surface area contributed by atoms with E-state index < -0.39 is 12.6 Å².